The molecule has 0 fully saturated rings. The minimum Gasteiger partial charge on any atom is -0.370 e. The van der Waals surface area contributed by atoms with Crippen molar-refractivity contribution in [2.45, 2.75) is 90.9 Å². The summed E-state index contributed by atoms with van der Waals surface area (Å²) in [5.74, 6) is 1.72. The lowest BCUT2D eigenvalue weighted by Gasteiger charge is -2.09. The molecule has 0 aliphatic rings. The van der Waals surface area contributed by atoms with Crippen LogP contribution in [-0.4, -0.2) is 16.5 Å². The summed E-state index contributed by atoms with van der Waals surface area (Å²) in [6.45, 7) is 5.30. The average molecular weight is 458 g/mol. The van der Waals surface area contributed by atoms with Crippen LogP contribution in [-0.2, 0) is 0 Å². The fourth-order valence-corrected chi connectivity index (χ4v) is 4.41. The lowest BCUT2D eigenvalue weighted by Crippen LogP contribution is -2.05. The number of anilines is 1. The first-order valence-electron chi connectivity index (χ1n) is 13.5. The molecular formula is C31H43N3. The standard InChI is InChI=1S/C31H43N3/c1-3-4-5-6-7-8-9-10-11-12-13-17-24-32-30-25-26(2)33-31(34-30)29-22-20-28(21-23-29)27-18-15-14-16-19-27/h14-16,18-23,25H,3-13,17,24H2,1-2H3,(H,32,33,34). The molecule has 0 radical (unpaired) electrons. The molecular weight excluding hydrogens is 414 g/mol. The number of hydrogen-bond acceptors (Lipinski definition) is 3. The normalized spacial score (nSPS) is 11.0. The van der Waals surface area contributed by atoms with Crippen LogP contribution in [0.25, 0.3) is 22.5 Å². The van der Waals surface area contributed by atoms with Gasteiger partial charge in [0.25, 0.3) is 0 Å². The summed E-state index contributed by atoms with van der Waals surface area (Å²) in [5, 5.41) is 3.52. The first kappa shape index (κ1) is 25.9. The summed E-state index contributed by atoms with van der Waals surface area (Å²) < 4.78 is 0. The second kappa shape index (κ2) is 15.3. The van der Waals surface area contributed by atoms with Gasteiger partial charge in [0.1, 0.15) is 5.82 Å². The maximum absolute atomic E-state index is 4.78. The SMILES string of the molecule is CCCCCCCCCCCCCCNc1cc(C)nc(-c2ccc(-c3ccccc3)cc2)n1. The fraction of sp³-hybridized carbons (Fsp3) is 0.484. The van der Waals surface area contributed by atoms with E-state index in [9.17, 15) is 0 Å². The largest absolute Gasteiger partial charge is 0.370 e. The quantitative estimate of drug-likeness (QED) is 0.218. The van der Waals surface area contributed by atoms with Crippen LogP contribution < -0.4 is 5.32 Å². The van der Waals surface area contributed by atoms with Gasteiger partial charge in [0.2, 0.25) is 0 Å². The van der Waals surface area contributed by atoms with Crippen LogP contribution in [0.3, 0.4) is 0 Å². The predicted molar refractivity (Wildman–Crippen MR) is 147 cm³/mol. The number of nitrogens with one attached hydrogen (secondary N) is 1. The molecule has 0 saturated heterocycles. The molecule has 34 heavy (non-hydrogen) atoms. The third kappa shape index (κ3) is 9.29. The van der Waals surface area contributed by atoms with Gasteiger partial charge >= 0.3 is 0 Å². The van der Waals surface area contributed by atoms with Gasteiger partial charge in [-0.1, -0.05) is 132 Å². The summed E-state index contributed by atoms with van der Waals surface area (Å²) in [5.41, 5.74) is 4.48. The Balaban J connectivity index is 1.35. The van der Waals surface area contributed by atoms with Crippen molar-refractivity contribution in [3.63, 3.8) is 0 Å². The van der Waals surface area contributed by atoms with Crippen LogP contribution >= 0.6 is 0 Å². The van der Waals surface area contributed by atoms with Crippen molar-refractivity contribution in [2.75, 3.05) is 11.9 Å². The molecule has 3 nitrogen and oxygen atoms in total. The molecule has 0 aliphatic carbocycles. The second-order valence-corrected chi connectivity index (χ2v) is 9.48. The van der Waals surface area contributed by atoms with E-state index in [-0.39, 0.29) is 0 Å². The summed E-state index contributed by atoms with van der Waals surface area (Å²) in [6, 6.07) is 21.0. The van der Waals surface area contributed by atoms with Gasteiger partial charge in [0.15, 0.2) is 5.82 Å². The van der Waals surface area contributed by atoms with Crippen molar-refractivity contribution in [1.82, 2.24) is 9.97 Å². The fourth-order valence-electron chi connectivity index (χ4n) is 4.41. The van der Waals surface area contributed by atoms with E-state index in [4.69, 9.17) is 4.98 Å². The summed E-state index contributed by atoms with van der Waals surface area (Å²) in [6.07, 6.45) is 16.5. The van der Waals surface area contributed by atoms with Gasteiger partial charge in [-0.05, 0) is 24.5 Å². The van der Waals surface area contributed by atoms with E-state index in [1.165, 1.54) is 88.2 Å². The number of rotatable bonds is 16. The number of unbranched alkanes of at least 4 members (excludes halogenated alkanes) is 11. The third-order valence-electron chi connectivity index (χ3n) is 6.44. The zero-order chi connectivity index (χ0) is 23.8. The number of aromatic nitrogens is 2. The molecule has 0 amide bonds. The summed E-state index contributed by atoms with van der Waals surface area (Å²) in [7, 11) is 0. The maximum atomic E-state index is 4.78. The zero-order valence-corrected chi connectivity index (χ0v) is 21.4. The van der Waals surface area contributed by atoms with Gasteiger partial charge in [-0.15, -0.1) is 0 Å². The maximum Gasteiger partial charge on any atom is 0.161 e. The van der Waals surface area contributed by atoms with E-state index < -0.39 is 0 Å². The molecule has 1 heterocycles. The van der Waals surface area contributed by atoms with Gasteiger partial charge in [-0.3, -0.25) is 0 Å². The molecule has 1 N–H and O–H groups in total. The molecule has 0 atom stereocenters. The number of benzene rings is 2. The van der Waals surface area contributed by atoms with E-state index in [2.05, 4.69) is 65.8 Å². The average Bonchev–Trinajstić information content (AvgIpc) is 2.87. The van der Waals surface area contributed by atoms with Crippen molar-refractivity contribution in [1.29, 1.82) is 0 Å². The number of hydrogen-bond donors (Lipinski definition) is 1. The van der Waals surface area contributed by atoms with Crippen LogP contribution in [0.15, 0.2) is 60.7 Å². The highest BCUT2D eigenvalue weighted by Crippen LogP contribution is 2.24. The first-order valence-corrected chi connectivity index (χ1v) is 13.5. The van der Waals surface area contributed by atoms with Crippen molar-refractivity contribution < 1.29 is 0 Å². The first-order chi connectivity index (χ1) is 16.8. The Morgan fingerprint density at radius 3 is 1.74 bits per heavy atom. The van der Waals surface area contributed by atoms with Crippen molar-refractivity contribution >= 4 is 5.82 Å². The Kier molecular flexibility index (Phi) is 11.6. The molecule has 0 unspecified atom stereocenters. The topological polar surface area (TPSA) is 37.8 Å². The molecule has 0 saturated carbocycles. The molecule has 0 spiro atoms. The van der Waals surface area contributed by atoms with Gasteiger partial charge < -0.3 is 5.32 Å². The van der Waals surface area contributed by atoms with Crippen LogP contribution in [0.4, 0.5) is 5.82 Å². The minimum atomic E-state index is 0.789. The Morgan fingerprint density at radius 1 is 0.588 bits per heavy atom. The van der Waals surface area contributed by atoms with E-state index in [1.54, 1.807) is 0 Å². The highest BCUT2D eigenvalue weighted by Gasteiger charge is 2.06. The molecule has 1 aromatic heterocycles. The van der Waals surface area contributed by atoms with Gasteiger partial charge in [0, 0.05) is 23.9 Å². The van der Waals surface area contributed by atoms with E-state index in [0.717, 1.165) is 29.4 Å². The molecule has 3 heteroatoms. The van der Waals surface area contributed by atoms with Crippen LogP contribution in [0, 0.1) is 6.92 Å². The molecule has 0 aliphatic heterocycles. The van der Waals surface area contributed by atoms with Crippen LogP contribution in [0.5, 0.6) is 0 Å². The smallest absolute Gasteiger partial charge is 0.161 e. The molecule has 2 aromatic carbocycles. The molecule has 182 valence electrons. The Labute approximate surface area is 207 Å². The predicted octanol–water partition coefficient (Wildman–Crippen LogP) is 9.23. The highest BCUT2D eigenvalue weighted by molar-refractivity contribution is 5.68. The lowest BCUT2D eigenvalue weighted by molar-refractivity contribution is 0.546. The third-order valence-corrected chi connectivity index (χ3v) is 6.44. The lowest BCUT2D eigenvalue weighted by atomic mass is 10.0. The molecule has 3 rings (SSSR count). The monoisotopic (exact) mass is 457 g/mol. The Bertz CT molecular complexity index is 935. The Morgan fingerprint density at radius 2 is 1.12 bits per heavy atom. The zero-order valence-electron chi connectivity index (χ0n) is 21.4. The highest BCUT2D eigenvalue weighted by atomic mass is 15.0. The van der Waals surface area contributed by atoms with Crippen molar-refractivity contribution in [3.05, 3.63) is 66.4 Å². The van der Waals surface area contributed by atoms with Crippen LogP contribution in [0.2, 0.25) is 0 Å². The minimum absolute atomic E-state index is 0.789. The second-order valence-electron chi connectivity index (χ2n) is 9.48. The van der Waals surface area contributed by atoms with Gasteiger partial charge in [-0.25, -0.2) is 9.97 Å². The molecule has 3 aromatic rings. The van der Waals surface area contributed by atoms with Gasteiger partial charge in [-0.2, -0.15) is 0 Å². The van der Waals surface area contributed by atoms with E-state index in [1.807, 2.05) is 19.1 Å². The van der Waals surface area contributed by atoms with Crippen molar-refractivity contribution in [3.8, 4) is 22.5 Å². The van der Waals surface area contributed by atoms with Gasteiger partial charge in [0.05, 0.1) is 0 Å². The van der Waals surface area contributed by atoms with Crippen molar-refractivity contribution in [2.24, 2.45) is 0 Å². The summed E-state index contributed by atoms with van der Waals surface area (Å²) >= 11 is 0. The summed E-state index contributed by atoms with van der Waals surface area (Å²) in [4.78, 5) is 9.45. The number of aryl methyl sites for hydroxylation is 1. The van der Waals surface area contributed by atoms with Crippen LogP contribution in [0.1, 0.15) is 89.7 Å². The van der Waals surface area contributed by atoms with E-state index in [0.29, 0.717) is 0 Å². The van der Waals surface area contributed by atoms with E-state index >= 15 is 0 Å². The number of nitrogens with zero attached hydrogens (tertiary/aromatic N) is 2. The molecule has 0 bridgehead atoms. The Hall–Kier alpha value is -2.68.